The van der Waals surface area contributed by atoms with Crippen LogP contribution in [-0.4, -0.2) is 44.3 Å². The number of nitrogens with zero attached hydrogens (tertiary/aromatic N) is 1. The molecule has 0 spiro atoms. The van der Waals surface area contributed by atoms with Gasteiger partial charge in [0, 0.05) is 24.1 Å². The van der Waals surface area contributed by atoms with Crippen molar-refractivity contribution in [2.45, 2.75) is 19.9 Å². The minimum absolute atomic E-state index is 0.893. The molecule has 1 aliphatic rings. The van der Waals surface area contributed by atoms with E-state index in [1.54, 1.807) is 0 Å². The Morgan fingerprint density at radius 1 is 1.32 bits per heavy atom. The Kier molecular flexibility index (Phi) is 6.31. The highest BCUT2D eigenvalue weighted by atomic mass is 79.9. The van der Waals surface area contributed by atoms with Gasteiger partial charge >= 0.3 is 0 Å². The van der Waals surface area contributed by atoms with Gasteiger partial charge in [-0.25, -0.2) is 0 Å². The highest BCUT2D eigenvalue weighted by Gasteiger charge is 2.09. The second-order valence-electron chi connectivity index (χ2n) is 5.03. The largest absolute Gasteiger partial charge is 0.379 e. The molecule has 1 fully saturated rings. The van der Waals surface area contributed by atoms with Crippen molar-refractivity contribution in [3.8, 4) is 0 Å². The van der Waals surface area contributed by atoms with Crippen molar-refractivity contribution in [3.63, 3.8) is 0 Å². The van der Waals surface area contributed by atoms with Crippen LogP contribution < -0.4 is 5.32 Å². The lowest BCUT2D eigenvalue weighted by atomic mass is 10.1. The average molecular weight is 327 g/mol. The van der Waals surface area contributed by atoms with Crippen molar-refractivity contribution in [2.24, 2.45) is 0 Å². The molecule has 1 heterocycles. The Labute approximate surface area is 124 Å². The third-order valence-electron chi connectivity index (χ3n) is 3.52. The summed E-state index contributed by atoms with van der Waals surface area (Å²) < 4.78 is 6.58. The summed E-state index contributed by atoms with van der Waals surface area (Å²) in [5.74, 6) is 0. The molecule has 1 saturated heterocycles. The molecule has 0 atom stereocenters. The first kappa shape index (κ1) is 15.0. The van der Waals surface area contributed by atoms with Gasteiger partial charge in [-0.3, -0.25) is 4.90 Å². The maximum atomic E-state index is 5.35. The number of benzene rings is 1. The normalized spacial score (nSPS) is 16.7. The lowest BCUT2D eigenvalue weighted by Gasteiger charge is -2.26. The summed E-state index contributed by atoms with van der Waals surface area (Å²) in [5, 5.41) is 3.52. The number of halogens is 1. The quantitative estimate of drug-likeness (QED) is 0.813. The van der Waals surface area contributed by atoms with Gasteiger partial charge in [-0.15, -0.1) is 0 Å². The van der Waals surface area contributed by atoms with E-state index in [-0.39, 0.29) is 0 Å². The molecule has 0 amide bonds. The van der Waals surface area contributed by atoms with Crippen LogP contribution in [0.5, 0.6) is 0 Å². The van der Waals surface area contributed by atoms with E-state index in [1.165, 1.54) is 28.6 Å². The van der Waals surface area contributed by atoms with Crippen molar-refractivity contribution in [1.29, 1.82) is 0 Å². The van der Waals surface area contributed by atoms with Crippen LogP contribution in [0.4, 0.5) is 0 Å². The number of nitrogens with one attached hydrogen (secondary N) is 1. The monoisotopic (exact) mass is 326 g/mol. The second-order valence-corrected chi connectivity index (χ2v) is 5.83. The van der Waals surface area contributed by atoms with E-state index in [4.69, 9.17) is 4.74 Å². The first-order chi connectivity index (χ1) is 9.27. The molecule has 1 aliphatic heterocycles. The Bertz CT molecular complexity index is 392. The van der Waals surface area contributed by atoms with E-state index in [0.717, 1.165) is 39.4 Å². The van der Waals surface area contributed by atoms with E-state index in [1.807, 2.05) is 0 Å². The molecule has 106 valence electrons. The van der Waals surface area contributed by atoms with Crippen molar-refractivity contribution in [1.82, 2.24) is 10.2 Å². The standard InChI is InChI=1S/C15H23BrN2O/c1-13-4-2-5-14(15(13)16)12-17-6-3-7-18-8-10-19-11-9-18/h2,4-5,17H,3,6-12H2,1H3. The van der Waals surface area contributed by atoms with Gasteiger partial charge in [-0.2, -0.15) is 0 Å². The summed E-state index contributed by atoms with van der Waals surface area (Å²) in [6.45, 7) is 9.26. The highest BCUT2D eigenvalue weighted by molar-refractivity contribution is 9.10. The molecule has 0 bridgehead atoms. The zero-order valence-corrected chi connectivity index (χ0v) is 13.2. The van der Waals surface area contributed by atoms with Gasteiger partial charge in [-0.1, -0.05) is 34.1 Å². The van der Waals surface area contributed by atoms with Crippen LogP contribution >= 0.6 is 15.9 Å². The van der Waals surface area contributed by atoms with Gasteiger partial charge in [0.05, 0.1) is 13.2 Å². The fourth-order valence-electron chi connectivity index (χ4n) is 2.32. The first-order valence-corrected chi connectivity index (χ1v) is 7.81. The molecule has 1 aromatic carbocycles. The third-order valence-corrected chi connectivity index (χ3v) is 4.65. The smallest absolute Gasteiger partial charge is 0.0594 e. The van der Waals surface area contributed by atoms with Crippen molar-refractivity contribution in [2.75, 3.05) is 39.4 Å². The Morgan fingerprint density at radius 2 is 2.11 bits per heavy atom. The number of aryl methyl sites for hydroxylation is 1. The minimum atomic E-state index is 0.893. The molecule has 2 rings (SSSR count). The van der Waals surface area contributed by atoms with Crippen LogP contribution in [0.1, 0.15) is 17.5 Å². The van der Waals surface area contributed by atoms with E-state index in [2.05, 4.69) is 51.3 Å². The van der Waals surface area contributed by atoms with Gasteiger partial charge in [-0.05, 0) is 37.6 Å². The molecule has 3 nitrogen and oxygen atoms in total. The fourth-order valence-corrected chi connectivity index (χ4v) is 2.72. The molecule has 0 saturated carbocycles. The van der Waals surface area contributed by atoms with Crippen LogP contribution in [-0.2, 0) is 11.3 Å². The van der Waals surface area contributed by atoms with E-state index < -0.39 is 0 Å². The molecule has 1 N–H and O–H groups in total. The number of hydrogen-bond acceptors (Lipinski definition) is 3. The van der Waals surface area contributed by atoms with Crippen LogP contribution in [0.15, 0.2) is 22.7 Å². The van der Waals surface area contributed by atoms with E-state index in [9.17, 15) is 0 Å². The molecule has 19 heavy (non-hydrogen) atoms. The van der Waals surface area contributed by atoms with Crippen molar-refractivity contribution in [3.05, 3.63) is 33.8 Å². The zero-order chi connectivity index (χ0) is 13.5. The van der Waals surface area contributed by atoms with Crippen molar-refractivity contribution >= 4 is 15.9 Å². The number of hydrogen-bond donors (Lipinski definition) is 1. The topological polar surface area (TPSA) is 24.5 Å². The Morgan fingerprint density at radius 3 is 2.89 bits per heavy atom. The molecular formula is C15H23BrN2O. The molecule has 4 heteroatoms. The highest BCUT2D eigenvalue weighted by Crippen LogP contribution is 2.20. The molecule has 1 aromatic rings. The zero-order valence-electron chi connectivity index (χ0n) is 11.6. The summed E-state index contributed by atoms with van der Waals surface area (Å²) >= 11 is 3.65. The van der Waals surface area contributed by atoms with Gasteiger partial charge in [0.15, 0.2) is 0 Å². The van der Waals surface area contributed by atoms with Crippen molar-refractivity contribution < 1.29 is 4.74 Å². The van der Waals surface area contributed by atoms with E-state index >= 15 is 0 Å². The molecule has 0 aliphatic carbocycles. The minimum Gasteiger partial charge on any atom is -0.379 e. The molecular weight excluding hydrogens is 304 g/mol. The average Bonchev–Trinajstić information content (AvgIpc) is 2.44. The summed E-state index contributed by atoms with van der Waals surface area (Å²) in [6, 6.07) is 6.42. The van der Waals surface area contributed by atoms with Gasteiger partial charge in [0.1, 0.15) is 0 Å². The maximum absolute atomic E-state index is 5.35. The predicted octanol–water partition coefficient (Wildman–Crippen LogP) is 2.57. The fraction of sp³-hybridized carbons (Fsp3) is 0.600. The molecule has 0 radical (unpaired) electrons. The Hall–Kier alpha value is -0.420. The number of morpholine rings is 1. The van der Waals surface area contributed by atoms with Crippen LogP contribution in [0.3, 0.4) is 0 Å². The lowest BCUT2D eigenvalue weighted by molar-refractivity contribution is 0.0374. The summed E-state index contributed by atoms with van der Waals surface area (Å²) in [5.41, 5.74) is 2.64. The summed E-state index contributed by atoms with van der Waals surface area (Å²) in [6.07, 6.45) is 1.20. The van der Waals surface area contributed by atoms with Gasteiger partial charge < -0.3 is 10.1 Å². The summed E-state index contributed by atoms with van der Waals surface area (Å²) in [4.78, 5) is 2.48. The maximum Gasteiger partial charge on any atom is 0.0594 e. The molecule has 0 aromatic heterocycles. The number of rotatable bonds is 6. The Balaban J connectivity index is 1.62. The predicted molar refractivity (Wildman–Crippen MR) is 82.5 cm³/mol. The van der Waals surface area contributed by atoms with Crippen LogP contribution in [0.25, 0.3) is 0 Å². The van der Waals surface area contributed by atoms with E-state index in [0.29, 0.717) is 0 Å². The van der Waals surface area contributed by atoms with Gasteiger partial charge in [0.2, 0.25) is 0 Å². The number of ether oxygens (including phenoxy) is 1. The third kappa shape index (κ3) is 4.88. The first-order valence-electron chi connectivity index (χ1n) is 7.02. The SMILES string of the molecule is Cc1cccc(CNCCCN2CCOCC2)c1Br. The van der Waals surface area contributed by atoms with Gasteiger partial charge in [0.25, 0.3) is 0 Å². The van der Waals surface area contributed by atoms with Crippen LogP contribution in [0.2, 0.25) is 0 Å². The van der Waals surface area contributed by atoms with Crippen LogP contribution in [0, 0.1) is 6.92 Å². The summed E-state index contributed by atoms with van der Waals surface area (Å²) in [7, 11) is 0. The lowest BCUT2D eigenvalue weighted by Crippen LogP contribution is -2.37. The second kappa shape index (κ2) is 8.00. The molecule has 0 unspecified atom stereocenters.